The molecule has 0 spiro atoms. The summed E-state index contributed by atoms with van der Waals surface area (Å²) in [6.45, 7) is 1.34. The second kappa shape index (κ2) is 6.19. The summed E-state index contributed by atoms with van der Waals surface area (Å²) < 4.78 is 4.68. The summed E-state index contributed by atoms with van der Waals surface area (Å²) >= 11 is 1.13. The van der Waals surface area contributed by atoms with Crippen molar-refractivity contribution in [2.45, 2.75) is 13.5 Å². The maximum atomic E-state index is 10.4. The zero-order chi connectivity index (χ0) is 9.84. The van der Waals surface area contributed by atoms with Gasteiger partial charge in [-0.15, -0.1) is 4.88 Å². The molecule has 0 radical (unpaired) electrons. The van der Waals surface area contributed by atoms with E-state index < -0.39 is 5.97 Å². The molecule has 0 saturated carbocycles. The van der Waals surface area contributed by atoms with Crippen LogP contribution in [0.1, 0.15) is 17.4 Å². The third kappa shape index (κ3) is 3.42. The molecule has 0 saturated heterocycles. The molecule has 0 unspecified atom stereocenters. The number of thiophene rings is 1. The Balaban J connectivity index is 0.00000169. The Morgan fingerprint density at radius 3 is 2.79 bits per heavy atom. The Kier molecular flexibility index (Phi) is 6.03. The average Bonchev–Trinajstić information content (AvgIpc) is 2.43. The predicted molar refractivity (Wildman–Crippen MR) is 48.6 cm³/mol. The van der Waals surface area contributed by atoms with Crippen LogP contribution in [0.25, 0.3) is 5.73 Å². The van der Waals surface area contributed by atoms with E-state index in [0.29, 0.717) is 5.56 Å². The van der Waals surface area contributed by atoms with Gasteiger partial charge in [-0.1, -0.05) is 5.56 Å². The van der Waals surface area contributed by atoms with Crippen molar-refractivity contribution in [2.75, 3.05) is 0 Å². The zero-order valence-electron chi connectivity index (χ0n) is 7.92. The van der Waals surface area contributed by atoms with Crippen LogP contribution in [0.4, 0.5) is 5.69 Å². The molecule has 1 aromatic rings. The van der Waals surface area contributed by atoms with Crippen LogP contribution in [-0.4, -0.2) is 12.3 Å². The van der Waals surface area contributed by atoms with Crippen LogP contribution in [0.15, 0.2) is 5.38 Å². The second-order valence-corrected chi connectivity index (χ2v) is 3.23. The minimum Gasteiger partial charge on any atom is -0.783 e. The molecule has 0 amide bonds. The van der Waals surface area contributed by atoms with E-state index in [1.165, 1.54) is 6.92 Å². The molecule has 0 fully saturated rings. The molecule has 0 aromatic carbocycles. The van der Waals surface area contributed by atoms with Crippen LogP contribution in [0.2, 0.25) is 0 Å². The Bertz CT molecular complexity index is 337. The Hall–Kier alpha value is -0.360. The standard InChI is InChI=1S/C8H7NO3S.Na/c1-5(11)12-3-6-4-13-7(2-10)8(6)9;/h4H,3H2,1H3,(H-,9,10);/q-2;+1. The van der Waals surface area contributed by atoms with Gasteiger partial charge in [0.2, 0.25) is 0 Å². The van der Waals surface area contributed by atoms with Gasteiger partial charge in [-0.05, 0) is 5.38 Å². The number of esters is 1. The Morgan fingerprint density at radius 1 is 1.71 bits per heavy atom. The predicted octanol–water partition coefficient (Wildman–Crippen LogP) is -1.04. The molecular weight excluding hydrogens is 213 g/mol. The first-order valence-electron chi connectivity index (χ1n) is 3.48. The zero-order valence-corrected chi connectivity index (χ0v) is 10.7. The molecule has 14 heavy (non-hydrogen) atoms. The normalized spacial score (nSPS) is 8.93. The largest absolute Gasteiger partial charge is 1.00 e. The van der Waals surface area contributed by atoms with Crippen LogP contribution in [0, 0.1) is 0 Å². The van der Waals surface area contributed by atoms with Crippen molar-refractivity contribution in [1.82, 2.24) is 0 Å². The molecule has 70 valence electrons. The van der Waals surface area contributed by atoms with Crippen LogP contribution < -0.4 is 29.6 Å². The summed E-state index contributed by atoms with van der Waals surface area (Å²) in [6, 6.07) is 0. The molecule has 1 N–H and O–H groups in total. The van der Waals surface area contributed by atoms with Gasteiger partial charge in [-0.2, -0.15) is 11.3 Å². The number of nitrogens with one attached hydrogen (secondary N) is 1. The monoisotopic (exact) mass is 220 g/mol. The Labute approximate surface area is 108 Å². The molecule has 0 atom stereocenters. The number of carbonyl (C=O) groups excluding carboxylic acids is 2. The molecule has 1 aromatic heterocycles. The van der Waals surface area contributed by atoms with Crippen molar-refractivity contribution in [3.05, 3.63) is 21.6 Å². The minimum atomic E-state index is -0.401. The van der Waals surface area contributed by atoms with Crippen molar-refractivity contribution in [3.8, 4) is 0 Å². The van der Waals surface area contributed by atoms with Gasteiger partial charge in [0.25, 0.3) is 0 Å². The third-order valence-electron chi connectivity index (χ3n) is 1.39. The van der Waals surface area contributed by atoms with E-state index in [1.807, 2.05) is 0 Å². The molecule has 4 nitrogen and oxygen atoms in total. The summed E-state index contributed by atoms with van der Waals surface area (Å²) in [5, 5.41) is 1.62. The van der Waals surface area contributed by atoms with E-state index in [1.54, 1.807) is 11.7 Å². The average molecular weight is 220 g/mol. The minimum absolute atomic E-state index is 0. The van der Waals surface area contributed by atoms with Gasteiger partial charge in [0.05, 0.1) is 6.61 Å². The van der Waals surface area contributed by atoms with Crippen molar-refractivity contribution in [3.63, 3.8) is 0 Å². The molecular formula is C8H7NNaO3S-. The van der Waals surface area contributed by atoms with Crippen LogP contribution in [-0.2, 0) is 20.9 Å². The van der Waals surface area contributed by atoms with Gasteiger partial charge in [0.15, 0.2) is 0 Å². The molecule has 6 heteroatoms. The first kappa shape index (κ1) is 13.6. The number of ether oxygens (including phenoxy) is 1. The quantitative estimate of drug-likeness (QED) is 0.371. The van der Waals surface area contributed by atoms with E-state index in [-0.39, 0.29) is 46.7 Å². The SMILES string of the molecule is CC(=O)OCc1csc([C-]=O)c1[NH-].[Na+]. The first-order valence-corrected chi connectivity index (χ1v) is 4.36. The summed E-state index contributed by atoms with van der Waals surface area (Å²) in [4.78, 5) is 20.9. The number of rotatable bonds is 3. The van der Waals surface area contributed by atoms with Gasteiger partial charge >= 0.3 is 35.5 Å². The summed E-state index contributed by atoms with van der Waals surface area (Å²) in [5.41, 5.74) is 8.07. The van der Waals surface area contributed by atoms with Crippen molar-refractivity contribution >= 4 is 29.3 Å². The van der Waals surface area contributed by atoms with Gasteiger partial charge in [0.1, 0.15) is 0 Å². The van der Waals surface area contributed by atoms with E-state index in [0.717, 1.165) is 11.3 Å². The summed E-state index contributed by atoms with van der Waals surface area (Å²) in [7, 11) is 0. The smallest absolute Gasteiger partial charge is 0.783 e. The van der Waals surface area contributed by atoms with E-state index >= 15 is 0 Å². The first-order chi connectivity index (χ1) is 6.15. The van der Waals surface area contributed by atoms with Crippen molar-refractivity contribution in [2.24, 2.45) is 0 Å². The van der Waals surface area contributed by atoms with Crippen LogP contribution in [0.5, 0.6) is 0 Å². The molecule has 0 aliphatic heterocycles. The van der Waals surface area contributed by atoms with E-state index in [9.17, 15) is 9.59 Å². The Morgan fingerprint density at radius 2 is 2.36 bits per heavy atom. The second-order valence-electron chi connectivity index (χ2n) is 2.35. The maximum Gasteiger partial charge on any atom is 1.00 e. The number of hydrogen-bond acceptors (Lipinski definition) is 4. The van der Waals surface area contributed by atoms with E-state index in [4.69, 9.17) is 5.73 Å². The van der Waals surface area contributed by atoms with Gasteiger partial charge < -0.3 is 15.3 Å². The fraction of sp³-hybridized carbons (Fsp3) is 0.250. The van der Waals surface area contributed by atoms with E-state index in [2.05, 4.69) is 4.74 Å². The summed E-state index contributed by atoms with van der Waals surface area (Å²) in [5.74, 6) is -0.401. The molecule has 1 rings (SSSR count). The van der Waals surface area contributed by atoms with Gasteiger partial charge in [0, 0.05) is 13.2 Å². The molecule has 0 bridgehead atoms. The van der Waals surface area contributed by atoms with Crippen molar-refractivity contribution < 1.29 is 43.9 Å². The number of carbonyl (C=O) groups is 1. The summed E-state index contributed by atoms with van der Waals surface area (Å²) in [6.07, 6.45) is 1.64. The van der Waals surface area contributed by atoms with Gasteiger partial charge in [-0.25, -0.2) is 0 Å². The number of hydrogen-bond donors (Lipinski definition) is 0. The fourth-order valence-corrected chi connectivity index (χ4v) is 1.50. The third-order valence-corrected chi connectivity index (χ3v) is 2.32. The topological polar surface area (TPSA) is 67.2 Å². The molecule has 0 aliphatic rings. The maximum absolute atomic E-state index is 10.4. The van der Waals surface area contributed by atoms with Crippen molar-refractivity contribution in [1.29, 1.82) is 0 Å². The fourth-order valence-electron chi connectivity index (χ4n) is 0.754. The molecule has 0 aliphatic carbocycles. The molecule has 1 heterocycles. The van der Waals surface area contributed by atoms with Gasteiger partial charge in [-0.3, -0.25) is 10.5 Å². The van der Waals surface area contributed by atoms with Crippen LogP contribution in [0.3, 0.4) is 0 Å². The van der Waals surface area contributed by atoms with Crippen LogP contribution >= 0.6 is 11.3 Å².